The van der Waals surface area contributed by atoms with Crippen molar-refractivity contribution < 1.29 is 4.79 Å². The van der Waals surface area contributed by atoms with Crippen LogP contribution in [0.15, 0.2) is 47.5 Å². The van der Waals surface area contributed by atoms with Crippen molar-refractivity contribution in [3.8, 4) is 0 Å². The summed E-state index contributed by atoms with van der Waals surface area (Å²) < 4.78 is 0. The minimum absolute atomic E-state index is 0.00658. The summed E-state index contributed by atoms with van der Waals surface area (Å²) in [5.41, 5.74) is 3.51. The zero-order valence-corrected chi connectivity index (χ0v) is 13.0. The van der Waals surface area contributed by atoms with Crippen LogP contribution in [0.4, 0.5) is 0 Å². The molecule has 0 aliphatic heterocycles. The van der Waals surface area contributed by atoms with Gasteiger partial charge in [-0.05, 0) is 49.9 Å². The molecule has 21 heavy (non-hydrogen) atoms. The highest BCUT2D eigenvalue weighted by molar-refractivity contribution is 8.00. The smallest absolute Gasteiger partial charge is 0.152 e. The lowest BCUT2D eigenvalue weighted by atomic mass is 9.84. The van der Waals surface area contributed by atoms with Crippen LogP contribution in [0, 0.1) is 6.92 Å². The maximum atomic E-state index is 12.5. The molecule has 0 amide bonds. The third kappa shape index (κ3) is 3.35. The number of pyridine rings is 1. The van der Waals surface area contributed by atoms with E-state index in [-0.39, 0.29) is 5.92 Å². The Morgan fingerprint density at radius 3 is 2.90 bits per heavy atom. The topological polar surface area (TPSA) is 30.0 Å². The Morgan fingerprint density at radius 1 is 1.29 bits per heavy atom. The molecule has 1 atom stereocenters. The maximum absolute atomic E-state index is 12.5. The summed E-state index contributed by atoms with van der Waals surface area (Å²) >= 11 is 1.63. The lowest BCUT2D eigenvalue weighted by Crippen LogP contribution is -2.21. The number of rotatable bonds is 4. The Kier molecular flexibility index (Phi) is 4.39. The third-order valence-electron chi connectivity index (χ3n) is 3.99. The van der Waals surface area contributed by atoms with Crippen LogP contribution >= 0.6 is 11.8 Å². The van der Waals surface area contributed by atoms with Crippen molar-refractivity contribution in [1.82, 2.24) is 4.98 Å². The van der Waals surface area contributed by atoms with Gasteiger partial charge in [-0.3, -0.25) is 9.78 Å². The standard InChI is InChI=1S/C18H19NOS/c1-13-7-9-15(10-8-13)21-12-17(20)16-6-2-4-14-5-3-11-19-18(14)16/h3,5,7-11,16H,2,4,6,12H2,1H3. The summed E-state index contributed by atoms with van der Waals surface area (Å²) in [6, 6.07) is 12.4. The monoisotopic (exact) mass is 297 g/mol. The number of hydrogen-bond donors (Lipinski definition) is 0. The van der Waals surface area contributed by atoms with Crippen molar-refractivity contribution in [3.05, 3.63) is 59.4 Å². The number of benzene rings is 1. The van der Waals surface area contributed by atoms with E-state index in [4.69, 9.17) is 0 Å². The number of aromatic nitrogens is 1. The minimum Gasteiger partial charge on any atom is -0.298 e. The second kappa shape index (κ2) is 6.44. The zero-order valence-electron chi connectivity index (χ0n) is 12.2. The van der Waals surface area contributed by atoms with Gasteiger partial charge in [0.05, 0.1) is 17.4 Å². The minimum atomic E-state index is -0.00658. The van der Waals surface area contributed by atoms with Crippen LogP contribution in [0.1, 0.15) is 35.6 Å². The maximum Gasteiger partial charge on any atom is 0.152 e. The molecule has 0 saturated carbocycles. The van der Waals surface area contributed by atoms with Crippen LogP contribution in [-0.4, -0.2) is 16.5 Å². The van der Waals surface area contributed by atoms with Gasteiger partial charge in [0.25, 0.3) is 0 Å². The summed E-state index contributed by atoms with van der Waals surface area (Å²) in [6.45, 7) is 2.07. The van der Waals surface area contributed by atoms with Crippen molar-refractivity contribution in [2.75, 3.05) is 5.75 Å². The molecule has 108 valence electrons. The molecule has 1 unspecified atom stereocenters. The molecule has 1 aliphatic rings. The van der Waals surface area contributed by atoms with Crippen LogP contribution in [0.5, 0.6) is 0 Å². The molecular weight excluding hydrogens is 278 g/mol. The molecule has 0 N–H and O–H groups in total. The Morgan fingerprint density at radius 2 is 2.10 bits per heavy atom. The first kappa shape index (κ1) is 14.3. The van der Waals surface area contributed by atoms with E-state index in [1.165, 1.54) is 11.1 Å². The first-order valence-electron chi connectivity index (χ1n) is 7.40. The van der Waals surface area contributed by atoms with Crippen LogP contribution in [-0.2, 0) is 11.2 Å². The van der Waals surface area contributed by atoms with Gasteiger partial charge in [0.2, 0.25) is 0 Å². The van der Waals surface area contributed by atoms with Crippen LogP contribution in [0.25, 0.3) is 0 Å². The molecule has 1 heterocycles. The highest BCUT2D eigenvalue weighted by Gasteiger charge is 2.27. The van der Waals surface area contributed by atoms with E-state index in [9.17, 15) is 4.79 Å². The van der Waals surface area contributed by atoms with E-state index in [1.807, 2.05) is 6.07 Å². The fourth-order valence-corrected chi connectivity index (χ4v) is 3.65. The van der Waals surface area contributed by atoms with Crippen molar-refractivity contribution >= 4 is 17.5 Å². The zero-order chi connectivity index (χ0) is 14.7. The number of ketones is 1. The molecule has 0 fully saturated rings. The molecule has 2 aromatic rings. The number of aryl methyl sites for hydroxylation is 2. The second-order valence-electron chi connectivity index (χ2n) is 5.56. The van der Waals surface area contributed by atoms with Gasteiger partial charge in [0, 0.05) is 11.1 Å². The van der Waals surface area contributed by atoms with E-state index in [0.717, 1.165) is 29.9 Å². The summed E-state index contributed by atoms with van der Waals surface area (Å²) in [5, 5.41) is 0. The van der Waals surface area contributed by atoms with E-state index >= 15 is 0 Å². The van der Waals surface area contributed by atoms with Crippen molar-refractivity contribution in [3.63, 3.8) is 0 Å². The third-order valence-corrected chi connectivity index (χ3v) is 5.02. The molecule has 1 aliphatic carbocycles. The Bertz CT molecular complexity index is 636. The normalized spacial score (nSPS) is 17.3. The Labute approximate surface area is 130 Å². The van der Waals surface area contributed by atoms with Gasteiger partial charge >= 0.3 is 0 Å². The lowest BCUT2D eigenvalue weighted by molar-refractivity contribution is -0.118. The summed E-state index contributed by atoms with van der Waals surface area (Å²) in [6.07, 6.45) is 4.89. The van der Waals surface area contributed by atoms with Gasteiger partial charge in [0.1, 0.15) is 0 Å². The van der Waals surface area contributed by atoms with Gasteiger partial charge in [0.15, 0.2) is 5.78 Å². The molecule has 2 nitrogen and oxygen atoms in total. The molecule has 3 rings (SSSR count). The van der Waals surface area contributed by atoms with E-state index in [1.54, 1.807) is 18.0 Å². The molecule has 0 bridgehead atoms. The predicted octanol–water partition coefficient (Wildman–Crippen LogP) is 4.17. The molecule has 0 saturated heterocycles. The lowest BCUT2D eigenvalue weighted by Gasteiger charge is -2.23. The van der Waals surface area contributed by atoms with Gasteiger partial charge in [-0.15, -0.1) is 11.8 Å². The van der Waals surface area contributed by atoms with E-state index < -0.39 is 0 Å². The molecule has 1 aromatic heterocycles. The van der Waals surface area contributed by atoms with E-state index in [0.29, 0.717) is 11.5 Å². The fourth-order valence-electron chi connectivity index (χ4n) is 2.81. The second-order valence-corrected chi connectivity index (χ2v) is 6.61. The van der Waals surface area contributed by atoms with Crippen LogP contribution < -0.4 is 0 Å². The average molecular weight is 297 g/mol. The number of hydrogen-bond acceptors (Lipinski definition) is 3. The number of Topliss-reactive ketones (excluding diaryl/α,β-unsaturated/α-hetero) is 1. The molecular formula is C18H19NOS. The van der Waals surface area contributed by atoms with Gasteiger partial charge in [-0.25, -0.2) is 0 Å². The highest BCUT2D eigenvalue weighted by Crippen LogP contribution is 2.32. The van der Waals surface area contributed by atoms with E-state index in [2.05, 4.69) is 42.2 Å². The largest absolute Gasteiger partial charge is 0.298 e. The first-order chi connectivity index (χ1) is 10.2. The number of nitrogens with zero attached hydrogens (tertiary/aromatic N) is 1. The molecule has 0 spiro atoms. The van der Waals surface area contributed by atoms with Gasteiger partial charge < -0.3 is 0 Å². The average Bonchev–Trinajstić information content (AvgIpc) is 2.53. The number of thioether (sulfide) groups is 1. The molecule has 1 aromatic carbocycles. The van der Waals surface area contributed by atoms with Crippen molar-refractivity contribution in [2.45, 2.75) is 37.0 Å². The van der Waals surface area contributed by atoms with Crippen LogP contribution in [0.2, 0.25) is 0 Å². The SMILES string of the molecule is Cc1ccc(SCC(=O)C2CCCc3cccnc32)cc1. The number of carbonyl (C=O) groups excluding carboxylic acids is 1. The Balaban J connectivity index is 1.68. The Hall–Kier alpha value is -1.61. The quantitative estimate of drug-likeness (QED) is 0.793. The predicted molar refractivity (Wildman–Crippen MR) is 86.8 cm³/mol. The van der Waals surface area contributed by atoms with Crippen LogP contribution in [0.3, 0.4) is 0 Å². The fraction of sp³-hybridized carbons (Fsp3) is 0.333. The van der Waals surface area contributed by atoms with Crippen molar-refractivity contribution in [2.24, 2.45) is 0 Å². The van der Waals surface area contributed by atoms with Gasteiger partial charge in [-0.2, -0.15) is 0 Å². The number of fused-ring (bicyclic) bond motifs is 1. The molecule has 3 heteroatoms. The molecule has 0 radical (unpaired) electrons. The summed E-state index contributed by atoms with van der Waals surface area (Å²) in [4.78, 5) is 18.2. The van der Waals surface area contributed by atoms with Crippen molar-refractivity contribution in [1.29, 1.82) is 0 Å². The summed E-state index contributed by atoms with van der Waals surface area (Å²) in [5.74, 6) is 0.831. The highest BCUT2D eigenvalue weighted by atomic mass is 32.2. The van der Waals surface area contributed by atoms with Gasteiger partial charge in [-0.1, -0.05) is 23.8 Å². The first-order valence-corrected chi connectivity index (χ1v) is 8.38. The summed E-state index contributed by atoms with van der Waals surface area (Å²) in [7, 11) is 0. The number of carbonyl (C=O) groups is 1.